The molecule has 0 saturated heterocycles. The van der Waals surface area contributed by atoms with Crippen molar-refractivity contribution >= 4 is 29.1 Å². The summed E-state index contributed by atoms with van der Waals surface area (Å²) in [7, 11) is 3.01. The molecule has 1 N–H and O–H groups in total. The van der Waals surface area contributed by atoms with Gasteiger partial charge in [-0.3, -0.25) is 9.59 Å². The minimum Gasteiger partial charge on any atom is -0.497 e. The van der Waals surface area contributed by atoms with Crippen LogP contribution in [0.15, 0.2) is 36.5 Å². The summed E-state index contributed by atoms with van der Waals surface area (Å²) in [5.41, 5.74) is 0.175. The number of rotatable bonds is 10. The molecule has 0 saturated carbocycles. The average Bonchev–Trinajstić information content (AvgIpc) is 2.76. The number of benzene rings is 1. The monoisotopic (exact) mass is 448 g/mol. The maximum absolute atomic E-state index is 12.1. The van der Waals surface area contributed by atoms with E-state index in [-0.39, 0.29) is 41.4 Å². The van der Waals surface area contributed by atoms with Crippen molar-refractivity contribution in [1.29, 1.82) is 0 Å². The predicted molar refractivity (Wildman–Crippen MR) is 116 cm³/mol. The quantitative estimate of drug-likeness (QED) is 0.430. The first-order valence-corrected chi connectivity index (χ1v) is 9.70. The van der Waals surface area contributed by atoms with Crippen LogP contribution in [0.25, 0.3) is 0 Å². The summed E-state index contributed by atoms with van der Waals surface area (Å²) in [5, 5.41) is 2.74. The molecule has 0 bridgehead atoms. The first-order valence-electron chi connectivity index (χ1n) is 9.30. The molecule has 0 aliphatic rings. The van der Waals surface area contributed by atoms with Crippen LogP contribution in [-0.2, 0) is 14.3 Å². The highest BCUT2D eigenvalue weighted by molar-refractivity contribution is 7.80. The van der Waals surface area contributed by atoms with Crippen LogP contribution in [0.3, 0.4) is 0 Å². The lowest BCUT2D eigenvalue weighted by Crippen LogP contribution is -2.32. The fourth-order valence-electron chi connectivity index (χ4n) is 2.41. The number of pyridine rings is 1. The van der Waals surface area contributed by atoms with Gasteiger partial charge >= 0.3 is 11.9 Å². The van der Waals surface area contributed by atoms with E-state index < -0.39 is 11.9 Å². The molecular formula is C21H24N2O7S. The van der Waals surface area contributed by atoms with E-state index in [1.54, 1.807) is 38.3 Å². The van der Waals surface area contributed by atoms with Crippen LogP contribution in [0, 0.1) is 0 Å². The number of methoxy groups -OCH3 is 2. The van der Waals surface area contributed by atoms with Gasteiger partial charge in [0.2, 0.25) is 5.75 Å². The highest BCUT2D eigenvalue weighted by Gasteiger charge is 2.19. The van der Waals surface area contributed by atoms with E-state index in [0.717, 1.165) is 5.75 Å². The number of nitrogens with zero attached hydrogens (tertiary/aromatic N) is 1. The minimum atomic E-state index is -0.555. The van der Waals surface area contributed by atoms with E-state index in [0.29, 0.717) is 5.75 Å². The van der Waals surface area contributed by atoms with Crippen LogP contribution < -0.4 is 24.3 Å². The number of carbonyl (C=O) groups is 2. The SMILES string of the molecule is COc1ccc(OC(C)COC(=O)CNC(=S)c2nccc(OC)c2OC(C)=O)cc1. The Bertz CT molecular complexity index is 918. The minimum absolute atomic E-state index is 0.0510. The van der Waals surface area contributed by atoms with Crippen molar-refractivity contribution in [3.05, 3.63) is 42.2 Å². The van der Waals surface area contributed by atoms with E-state index >= 15 is 0 Å². The molecule has 0 spiro atoms. The number of hydrogen-bond donors (Lipinski definition) is 1. The van der Waals surface area contributed by atoms with Crippen LogP contribution >= 0.6 is 12.2 Å². The second kappa shape index (κ2) is 11.7. The Labute approximate surface area is 185 Å². The summed E-state index contributed by atoms with van der Waals surface area (Å²) in [6.45, 7) is 2.88. The summed E-state index contributed by atoms with van der Waals surface area (Å²) in [6, 6.07) is 8.60. The zero-order chi connectivity index (χ0) is 22.8. The number of hydrogen-bond acceptors (Lipinski definition) is 9. The van der Waals surface area contributed by atoms with Gasteiger partial charge in [0.15, 0.2) is 5.75 Å². The highest BCUT2D eigenvalue weighted by Crippen LogP contribution is 2.29. The van der Waals surface area contributed by atoms with Gasteiger partial charge in [-0.05, 0) is 31.2 Å². The molecule has 31 heavy (non-hydrogen) atoms. The largest absolute Gasteiger partial charge is 0.497 e. The third-order valence-electron chi connectivity index (χ3n) is 3.82. The molecule has 166 valence electrons. The van der Waals surface area contributed by atoms with Crippen LogP contribution in [-0.4, -0.2) is 55.4 Å². The van der Waals surface area contributed by atoms with Crippen LogP contribution in [0.5, 0.6) is 23.0 Å². The molecule has 1 unspecified atom stereocenters. The summed E-state index contributed by atoms with van der Waals surface area (Å²) < 4.78 is 26.3. The summed E-state index contributed by atoms with van der Waals surface area (Å²) in [4.78, 5) is 27.6. The van der Waals surface area contributed by atoms with Gasteiger partial charge in [-0.2, -0.15) is 0 Å². The highest BCUT2D eigenvalue weighted by atomic mass is 32.1. The Morgan fingerprint density at radius 3 is 2.39 bits per heavy atom. The molecule has 1 aromatic heterocycles. The summed E-state index contributed by atoms with van der Waals surface area (Å²) in [6.07, 6.45) is 1.09. The Morgan fingerprint density at radius 1 is 1.10 bits per heavy atom. The first-order chi connectivity index (χ1) is 14.8. The van der Waals surface area contributed by atoms with Crippen molar-refractivity contribution in [3.63, 3.8) is 0 Å². The molecule has 0 aliphatic carbocycles. The maximum Gasteiger partial charge on any atom is 0.325 e. The average molecular weight is 448 g/mol. The molecular weight excluding hydrogens is 424 g/mol. The Hall–Kier alpha value is -3.40. The number of esters is 2. The zero-order valence-electron chi connectivity index (χ0n) is 17.7. The van der Waals surface area contributed by atoms with Crippen molar-refractivity contribution in [2.45, 2.75) is 20.0 Å². The van der Waals surface area contributed by atoms with Crippen molar-refractivity contribution in [3.8, 4) is 23.0 Å². The lowest BCUT2D eigenvalue weighted by atomic mass is 10.3. The van der Waals surface area contributed by atoms with Gasteiger partial charge in [0.25, 0.3) is 0 Å². The molecule has 2 aromatic rings. The predicted octanol–water partition coefficient (Wildman–Crippen LogP) is 2.30. The van der Waals surface area contributed by atoms with Crippen molar-refractivity contribution in [1.82, 2.24) is 10.3 Å². The molecule has 1 atom stereocenters. The molecule has 9 nitrogen and oxygen atoms in total. The Balaban J connectivity index is 1.85. The topological polar surface area (TPSA) is 105 Å². The zero-order valence-corrected chi connectivity index (χ0v) is 18.5. The standard InChI is InChI=1S/C21H24N2O7S/c1-13(29-16-7-5-15(26-3)6-8-16)12-28-18(25)11-23-21(31)19-20(30-14(2)24)17(27-4)9-10-22-19/h5-10,13H,11-12H2,1-4H3,(H,23,31). The molecule has 0 aliphatic heterocycles. The molecule has 1 heterocycles. The number of carbonyl (C=O) groups excluding carboxylic acids is 2. The third-order valence-corrected chi connectivity index (χ3v) is 4.16. The molecule has 0 radical (unpaired) electrons. The summed E-state index contributed by atoms with van der Waals surface area (Å²) >= 11 is 5.27. The second-order valence-electron chi connectivity index (χ2n) is 6.25. The second-order valence-corrected chi connectivity index (χ2v) is 6.66. The van der Waals surface area contributed by atoms with Gasteiger partial charge in [0, 0.05) is 19.2 Å². The molecule has 1 aromatic carbocycles. The van der Waals surface area contributed by atoms with Gasteiger partial charge in [-0.15, -0.1) is 0 Å². The number of ether oxygens (including phenoxy) is 5. The van der Waals surface area contributed by atoms with E-state index in [1.165, 1.54) is 26.3 Å². The molecule has 0 fully saturated rings. The normalized spacial score (nSPS) is 11.1. The molecule has 2 rings (SSSR count). The van der Waals surface area contributed by atoms with Crippen LogP contribution in [0.4, 0.5) is 0 Å². The van der Waals surface area contributed by atoms with Crippen molar-refractivity contribution < 1.29 is 33.3 Å². The van der Waals surface area contributed by atoms with Gasteiger partial charge in [0.1, 0.15) is 41.4 Å². The number of nitrogens with one attached hydrogen (secondary N) is 1. The van der Waals surface area contributed by atoms with Crippen LogP contribution in [0.2, 0.25) is 0 Å². The summed E-state index contributed by atoms with van der Waals surface area (Å²) in [5.74, 6) is 0.619. The van der Waals surface area contributed by atoms with Gasteiger partial charge in [0.05, 0.1) is 14.2 Å². The van der Waals surface area contributed by atoms with E-state index in [9.17, 15) is 9.59 Å². The van der Waals surface area contributed by atoms with E-state index in [4.69, 9.17) is 35.9 Å². The first kappa shape index (κ1) is 23.9. The third kappa shape index (κ3) is 7.41. The Kier molecular flexibility index (Phi) is 9.01. The van der Waals surface area contributed by atoms with E-state index in [2.05, 4.69) is 10.3 Å². The van der Waals surface area contributed by atoms with Gasteiger partial charge < -0.3 is 29.0 Å². The van der Waals surface area contributed by atoms with Gasteiger partial charge in [-0.1, -0.05) is 12.2 Å². The smallest absolute Gasteiger partial charge is 0.325 e. The van der Waals surface area contributed by atoms with Gasteiger partial charge in [-0.25, -0.2) is 4.98 Å². The lowest BCUT2D eigenvalue weighted by molar-refractivity contribution is -0.144. The van der Waals surface area contributed by atoms with E-state index in [1.807, 2.05) is 0 Å². The lowest BCUT2D eigenvalue weighted by Gasteiger charge is -2.16. The fraction of sp³-hybridized carbons (Fsp3) is 0.333. The maximum atomic E-state index is 12.1. The van der Waals surface area contributed by atoms with Crippen LogP contribution in [0.1, 0.15) is 19.5 Å². The number of aromatic nitrogens is 1. The molecule has 10 heteroatoms. The molecule has 0 amide bonds. The van der Waals surface area contributed by atoms with Crippen molar-refractivity contribution in [2.75, 3.05) is 27.4 Å². The van der Waals surface area contributed by atoms with Crippen molar-refractivity contribution in [2.24, 2.45) is 0 Å². The number of thiocarbonyl (C=S) groups is 1. The Morgan fingerprint density at radius 2 is 1.77 bits per heavy atom. The fourth-order valence-corrected chi connectivity index (χ4v) is 2.63.